The molecule has 2 aromatic rings. The Morgan fingerprint density at radius 1 is 1.21 bits per heavy atom. The SMILES string of the molecule is COc1ccc(NC(=O)c2cc(N)cc(F)c2)cc1. The minimum Gasteiger partial charge on any atom is -0.497 e. The summed E-state index contributed by atoms with van der Waals surface area (Å²) in [6, 6.07) is 10.5. The number of benzene rings is 2. The van der Waals surface area contributed by atoms with Gasteiger partial charge in [0.25, 0.3) is 5.91 Å². The molecule has 19 heavy (non-hydrogen) atoms. The fourth-order valence-corrected chi connectivity index (χ4v) is 1.62. The van der Waals surface area contributed by atoms with Crippen LogP contribution in [0.4, 0.5) is 15.8 Å². The number of hydrogen-bond donors (Lipinski definition) is 2. The lowest BCUT2D eigenvalue weighted by molar-refractivity contribution is 0.102. The maximum absolute atomic E-state index is 13.1. The predicted molar refractivity (Wildman–Crippen MR) is 71.8 cm³/mol. The van der Waals surface area contributed by atoms with E-state index in [9.17, 15) is 9.18 Å². The van der Waals surface area contributed by atoms with E-state index >= 15 is 0 Å². The van der Waals surface area contributed by atoms with Gasteiger partial charge in [0.05, 0.1) is 7.11 Å². The largest absolute Gasteiger partial charge is 0.497 e. The number of ether oxygens (including phenoxy) is 1. The average molecular weight is 260 g/mol. The summed E-state index contributed by atoms with van der Waals surface area (Å²) < 4.78 is 18.2. The number of anilines is 2. The maximum atomic E-state index is 13.1. The third kappa shape index (κ3) is 3.22. The predicted octanol–water partition coefficient (Wildman–Crippen LogP) is 2.67. The highest BCUT2D eigenvalue weighted by Crippen LogP contribution is 2.17. The van der Waals surface area contributed by atoms with E-state index in [0.29, 0.717) is 11.4 Å². The second-order valence-corrected chi connectivity index (χ2v) is 3.96. The van der Waals surface area contributed by atoms with Gasteiger partial charge in [-0.3, -0.25) is 4.79 Å². The maximum Gasteiger partial charge on any atom is 0.255 e. The number of nitrogens with one attached hydrogen (secondary N) is 1. The molecule has 2 rings (SSSR count). The van der Waals surface area contributed by atoms with E-state index in [0.717, 1.165) is 12.1 Å². The summed E-state index contributed by atoms with van der Waals surface area (Å²) in [5, 5.41) is 2.65. The van der Waals surface area contributed by atoms with E-state index in [1.165, 1.54) is 6.07 Å². The zero-order valence-corrected chi connectivity index (χ0v) is 10.3. The van der Waals surface area contributed by atoms with Gasteiger partial charge in [0.1, 0.15) is 11.6 Å². The minimum atomic E-state index is -0.542. The van der Waals surface area contributed by atoms with Crippen molar-refractivity contribution in [1.82, 2.24) is 0 Å². The first-order valence-electron chi connectivity index (χ1n) is 5.60. The number of rotatable bonds is 3. The van der Waals surface area contributed by atoms with E-state index in [1.807, 2.05) is 0 Å². The topological polar surface area (TPSA) is 64.3 Å². The molecule has 0 heterocycles. The molecule has 0 fully saturated rings. The summed E-state index contributed by atoms with van der Waals surface area (Å²) in [6.45, 7) is 0. The van der Waals surface area contributed by atoms with Crippen LogP contribution in [0, 0.1) is 5.82 Å². The highest BCUT2D eigenvalue weighted by Gasteiger charge is 2.08. The van der Waals surface area contributed by atoms with Crippen molar-refractivity contribution < 1.29 is 13.9 Å². The van der Waals surface area contributed by atoms with Gasteiger partial charge >= 0.3 is 0 Å². The molecule has 5 heteroatoms. The van der Waals surface area contributed by atoms with Gasteiger partial charge in [-0.1, -0.05) is 0 Å². The first-order chi connectivity index (χ1) is 9.08. The standard InChI is InChI=1S/C14H13FN2O2/c1-19-13-4-2-12(3-5-13)17-14(18)9-6-10(15)8-11(16)7-9/h2-8H,16H2,1H3,(H,17,18). The van der Waals surface area contributed by atoms with Crippen LogP contribution in [0.1, 0.15) is 10.4 Å². The van der Waals surface area contributed by atoms with Crippen LogP contribution in [0.25, 0.3) is 0 Å². The second-order valence-electron chi connectivity index (χ2n) is 3.96. The van der Waals surface area contributed by atoms with Gasteiger partial charge in [0.15, 0.2) is 0 Å². The van der Waals surface area contributed by atoms with Crippen molar-refractivity contribution in [3.63, 3.8) is 0 Å². The second kappa shape index (κ2) is 5.39. The highest BCUT2D eigenvalue weighted by atomic mass is 19.1. The van der Waals surface area contributed by atoms with Crippen LogP contribution in [0.15, 0.2) is 42.5 Å². The molecule has 2 aromatic carbocycles. The fourth-order valence-electron chi connectivity index (χ4n) is 1.62. The fraction of sp³-hybridized carbons (Fsp3) is 0.0714. The summed E-state index contributed by atoms with van der Waals surface area (Å²) in [5.41, 5.74) is 6.47. The smallest absolute Gasteiger partial charge is 0.255 e. The molecule has 1 amide bonds. The number of amides is 1. The molecule has 4 nitrogen and oxygen atoms in total. The zero-order valence-electron chi connectivity index (χ0n) is 10.3. The van der Waals surface area contributed by atoms with Crippen LogP contribution >= 0.6 is 0 Å². The van der Waals surface area contributed by atoms with Crippen molar-refractivity contribution >= 4 is 17.3 Å². The van der Waals surface area contributed by atoms with Crippen LogP contribution in [0.5, 0.6) is 5.75 Å². The molecule has 0 atom stereocenters. The van der Waals surface area contributed by atoms with Crippen molar-refractivity contribution in [3.05, 3.63) is 53.8 Å². The van der Waals surface area contributed by atoms with E-state index in [1.54, 1.807) is 31.4 Å². The average Bonchev–Trinajstić information content (AvgIpc) is 2.38. The third-order valence-electron chi connectivity index (χ3n) is 2.53. The van der Waals surface area contributed by atoms with E-state index in [2.05, 4.69) is 5.32 Å². The number of halogens is 1. The Morgan fingerprint density at radius 2 is 1.89 bits per heavy atom. The molecule has 0 aliphatic heterocycles. The van der Waals surface area contributed by atoms with Crippen LogP contribution < -0.4 is 15.8 Å². The molecule has 3 N–H and O–H groups in total. The molecular formula is C14H13FN2O2. The molecule has 0 spiro atoms. The number of carbonyl (C=O) groups excluding carboxylic acids is 1. The van der Waals surface area contributed by atoms with Crippen LogP contribution in [0.3, 0.4) is 0 Å². The number of methoxy groups -OCH3 is 1. The Bertz CT molecular complexity index is 577. The van der Waals surface area contributed by atoms with Gasteiger partial charge in [0, 0.05) is 16.9 Å². The Hall–Kier alpha value is -2.56. The first kappa shape index (κ1) is 12.9. The van der Waals surface area contributed by atoms with Gasteiger partial charge in [0.2, 0.25) is 0 Å². The lowest BCUT2D eigenvalue weighted by atomic mass is 10.1. The van der Waals surface area contributed by atoms with E-state index < -0.39 is 11.7 Å². The van der Waals surface area contributed by atoms with Crippen molar-refractivity contribution in [3.8, 4) is 5.75 Å². The van der Waals surface area contributed by atoms with Crippen LogP contribution in [0.2, 0.25) is 0 Å². The summed E-state index contributed by atoms with van der Waals surface area (Å²) in [5.74, 6) is -0.274. The highest BCUT2D eigenvalue weighted by molar-refractivity contribution is 6.04. The zero-order chi connectivity index (χ0) is 13.8. The molecule has 0 saturated heterocycles. The molecule has 0 saturated carbocycles. The third-order valence-corrected chi connectivity index (χ3v) is 2.53. The van der Waals surface area contributed by atoms with Crippen molar-refractivity contribution in [2.24, 2.45) is 0 Å². The van der Waals surface area contributed by atoms with E-state index in [4.69, 9.17) is 10.5 Å². The lowest BCUT2D eigenvalue weighted by Gasteiger charge is -2.07. The summed E-state index contributed by atoms with van der Waals surface area (Å²) >= 11 is 0. The monoisotopic (exact) mass is 260 g/mol. The molecule has 98 valence electrons. The first-order valence-corrected chi connectivity index (χ1v) is 5.60. The van der Waals surface area contributed by atoms with Crippen LogP contribution in [-0.4, -0.2) is 13.0 Å². The number of nitrogen functional groups attached to an aromatic ring is 1. The van der Waals surface area contributed by atoms with E-state index in [-0.39, 0.29) is 11.3 Å². The van der Waals surface area contributed by atoms with Gasteiger partial charge < -0.3 is 15.8 Å². The number of nitrogens with two attached hydrogens (primary N) is 1. The minimum absolute atomic E-state index is 0.174. The Morgan fingerprint density at radius 3 is 2.47 bits per heavy atom. The van der Waals surface area contributed by atoms with Gasteiger partial charge in [-0.05, 0) is 42.5 Å². The molecular weight excluding hydrogens is 247 g/mol. The number of hydrogen-bond acceptors (Lipinski definition) is 3. The number of carbonyl (C=O) groups is 1. The van der Waals surface area contributed by atoms with Gasteiger partial charge in [-0.25, -0.2) is 4.39 Å². The van der Waals surface area contributed by atoms with Crippen molar-refractivity contribution in [1.29, 1.82) is 0 Å². The molecule has 0 aliphatic carbocycles. The molecule has 0 unspecified atom stereocenters. The van der Waals surface area contributed by atoms with Gasteiger partial charge in [-0.2, -0.15) is 0 Å². The lowest BCUT2D eigenvalue weighted by Crippen LogP contribution is -2.12. The van der Waals surface area contributed by atoms with Crippen molar-refractivity contribution in [2.75, 3.05) is 18.2 Å². The van der Waals surface area contributed by atoms with Crippen molar-refractivity contribution in [2.45, 2.75) is 0 Å². The summed E-state index contributed by atoms with van der Waals surface area (Å²) in [6.07, 6.45) is 0. The Kier molecular flexibility index (Phi) is 3.66. The van der Waals surface area contributed by atoms with Crippen LogP contribution in [-0.2, 0) is 0 Å². The van der Waals surface area contributed by atoms with Gasteiger partial charge in [-0.15, -0.1) is 0 Å². The molecule has 0 aliphatic rings. The molecule has 0 bridgehead atoms. The summed E-state index contributed by atoms with van der Waals surface area (Å²) in [4.78, 5) is 11.9. The Balaban J connectivity index is 2.15. The quantitative estimate of drug-likeness (QED) is 0.834. The molecule has 0 radical (unpaired) electrons. The summed E-state index contributed by atoms with van der Waals surface area (Å²) in [7, 11) is 1.56. The normalized spacial score (nSPS) is 10.0. The molecule has 0 aromatic heterocycles. The Labute approximate surface area is 110 Å².